The lowest BCUT2D eigenvalue weighted by Gasteiger charge is -2.46. The number of aliphatic hydroxyl groups excluding tert-OH is 1. The zero-order valence-electron chi connectivity index (χ0n) is 16.4. The van der Waals surface area contributed by atoms with Gasteiger partial charge in [-0.3, -0.25) is 0 Å². The highest BCUT2D eigenvalue weighted by molar-refractivity contribution is 5.82. The number of halogens is 1. The molecule has 2 aliphatic rings. The van der Waals surface area contributed by atoms with Crippen LogP contribution >= 0.6 is 0 Å². The Kier molecular flexibility index (Phi) is 4.27. The summed E-state index contributed by atoms with van der Waals surface area (Å²) < 4.78 is 15.2. The fourth-order valence-electron chi connectivity index (χ4n) is 5.82. The van der Waals surface area contributed by atoms with Gasteiger partial charge in [-0.05, 0) is 104 Å². The van der Waals surface area contributed by atoms with E-state index >= 15 is 0 Å². The predicted molar refractivity (Wildman–Crippen MR) is 109 cm³/mol. The predicted octanol–water partition coefficient (Wildman–Crippen LogP) is 5.31. The van der Waals surface area contributed by atoms with Crippen LogP contribution in [0.5, 0.6) is 0 Å². The maximum absolute atomic E-state index is 13.3. The van der Waals surface area contributed by atoms with Gasteiger partial charge in [-0.2, -0.15) is 5.10 Å². The minimum Gasteiger partial charge on any atom is -0.393 e. The fourth-order valence-corrected chi connectivity index (χ4v) is 5.82. The Bertz CT molecular complexity index is 1010. The molecule has 146 valence electrons. The summed E-state index contributed by atoms with van der Waals surface area (Å²) in [6.45, 7) is 2.31. The number of benzene rings is 2. The van der Waals surface area contributed by atoms with Gasteiger partial charge in [-0.25, -0.2) is 9.07 Å². The van der Waals surface area contributed by atoms with E-state index in [1.165, 1.54) is 36.1 Å². The molecule has 1 fully saturated rings. The smallest absolute Gasteiger partial charge is 0.123 e. The van der Waals surface area contributed by atoms with Crippen molar-refractivity contribution in [2.24, 2.45) is 5.92 Å². The van der Waals surface area contributed by atoms with E-state index in [0.29, 0.717) is 5.92 Å². The van der Waals surface area contributed by atoms with E-state index in [2.05, 4.69) is 24.2 Å². The second kappa shape index (κ2) is 6.70. The molecular weight excluding hydrogens is 351 g/mol. The minimum atomic E-state index is -0.232. The molecule has 3 aromatic rings. The summed E-state index contributed by atoms with van der Waals surface area (Å²) in [7, 11) is 0. The lowest BCUT2D eigenvalue weighted by molar-refractivity contribution is 0.0452. The summed E-state index contributed by atoms with van der Waals surface area (Å²) in [5, 5.41) is 16.0. The Hall–Kier alpha value is -2.20. The van der Waals surface area contributed by atoms with Gasteiger partial charge >= 0.3 is 0 Å². The highest BCUT2D eigenvalue weighted by atomic mass is 19.1. The largest absolute Gasteiger partial charge is 0.393 e. The molecule has 1 aromatic heterocycles. The van der Waals surface area contributed by atoms with Crippen LogP contribution < -0.4 is 0 Å². The number of aryl methyl sites for hydroxylation is 1. The van der Waals surface area contributed by atoms with Crippen molar-refractivity contribution in [1.82, 2.24) is 9.78 Å². The lowest BCUT2D eigenvalue weighted by Crippen LogP contribution is -2.41. The van der Waals surface area contributed by atoms with E-state index in [1.54, 1.807) is 12.1 Å². The molecule has 28 heavy (non-hydrogen) atoms. The zero-order valence-corrected chi connectivity index (χ0v) is 16.4. The molecule has 2 aliphatic carbocycles. The summed E-state index contributed by atoms with van der Waals surface area (Å²) in [6, 6.07) is 11.2. The van der Waals surface area contributed by atoms with Gasteiger partial charge in [0.05, 0.1) is 23.5 Å². The fraction of sp³-hybridized carbons (Fsp3) is 0.458. The van der Waals surface area contributed by atoms with E-state index < -0.39 is 0 Å². The van der Waals surface area contributed by atoms with Crippen LogP contribution in [0.25, 0.3) is 16.6 Å². The number of nitrogens with zero attached hydrogens (tertiary/aromatic N) is 2. The zero-order chi connectivity index (χ0) is 19.3. The van der Waals surface area contributed by atoms with Crippen LogP contribution in [0.2, 0.25) is 0 Å². The second-order valence-corrected chi connectivity index (χ2v) is 8.63. The molecule has 0 aliphatic heterocycles. The Morgan fingerprint density at radius 3 is 2.82 bits per heavy atom. The van der Waals surface area contributed by atoms with Crippen LogP contribution in [0.1, 0.15) is 56.6 Å². The van der Waals surface area contributed by atoms with Crippen molar-refractivity contribution in [1.29, 1.82) is 0 Å². The number of hydrogen-bond donors (Lipinski definition) is 1. The highest BCUT2D eigenvalue weighted by Gasteiger charge is 2.45. The summed E-state index contributed by atoms with van der Waals surface area (Å²) in [5.74, 6) is 0.330. The van der Waals surface area contributed by atoms with Gasteiger partial charge in [0.25, 0.3) is 0 Å². The van der Waals surface area contributed by atoms with Gasteiger partial charge in [0.1, 0.15) is 5.82 Å². The molecule has 0 bridgehead atoms. The summed E-state index contributed by atoms with van der Waals surface area (Å²) in [5.41, 5.74) is 5.06. The molecule has 1 N–H and O–H groups in total. The molecule has 2 aromatic carbocycles. The molecule has 5 rings (SSSR count). The molecule has 3 atom stereocenters. The monoisotopic (exact) mass is 378 g/mol. The Morgan fingerprint density at radius 2 is 2.04 bits per heavy atom. The van der Waals surface area contributed by atoms with Gasteiger partial charge in [-0.1, -0.05) is 6.92 Å². The Labute approximate surface area is 165 Å². The first-order valence-corrected chi connectivity index (χ1v) is 10.6. The number of hydrogen-bond acceptors (Lipinski definition) is 2. The minimum absolute atomic E-state index is 0.142. The first-order chi connectivity index (χ1) is 13.6. The summed E-state index contributed by atoms with van der Waals surface area (Å²) >= 11 is 0. The van der Waals surface area contributed by atoms with Crippen molar-refractivity contribution in [3.63, 3.8) is 0 Å². The third-order valence-corrected chi connectivity index (χ3v) is 7.29. The number of aromatic nitrogens is 2. The lowest BCUT2D eigenvalue weighted by atomic mass is 9.59. The van der Waals surface area contributed by atoms with E-state index in [-0.39, 0.29) is 17.3 Å². The van der Waals surface area contributed by atoms with Crippen LogP contribution in [0.15, 0.2) is 42.6 Å². The van der Waals surface area contributed by atoms with Gasteiger partial charge in [0, 0.05) is 5.39 Å². The second-order valence-electron chi connectivity index (χ2n) is 8.63. The Balaban J connectivity index is 1.66. The molecular formula is C24H27FN2O. The highest BCUT2D eigenvalue weighted by Crippen LogP contribution is 2.51. The van der Waals surface area contributed by atoms with E-state index in [4.69, 9.17) is 0 Å². The average molecular weight is 378 g/mol. The molecule has 0 spiro atoms. The van der Waals surface area contributed by atoms with Crippen LogP contribution in [-0.4, -0.2) is 21.0 Å². The topological polar surface area (TPSA) is 38.1 Å². The van der Waals surface area contributed by atoms with Crippen molar-refractivity contribution in [3.05, 3.63) is 59.5 Å². The first kappa shape index (κ1) is 17.9. The third-order valence-electron chi connectivity index (χ3n) is 7.29. The van der Waals surface area contributed by atoms with Crippen molar-refractivity contribution in [2.75, 3.05) is 0 Å². The summed E-state index contributed by atoms with van der Waals surface area (Å²) in [4.78, 5) is 0. The van der Waals surface area contributed by atoms with Crippen LogP contribution in [0, 0.1) is 11.7 Å². The maximum Gasteiger partial charge on any atom is 0.123 e. The van der Waals surface area contributed by atoms with Crippen molar-refractivity contribution in [3.8, 4) is 5.69 Å². The van der Waals surface area contributed by atoms with Crippen LogP contribution in [0.3, 0.4) is 0 Å². The van der Waals surface area contributed by atoms with Crippen molar-refractivity contribution < 1.29 is 9.50 Å². The molecule has 0 radical (unpaired) electrons. The SMILES string of the molecule is CCC12CCC(O)CC1CCCc1cc3c(cnn3-c3ccc(F)cc3)cc12. The molecule has 3 nitrogen and oxygen atoms in total. The van der Waals surface area contributed by atoms with Crippen molar-refractivity contribution in [2.45, 2.75) is 63.4 Å². The first-order valence-electron chi connectivity index (χ1n) is 10.6. The normalized spacial score (nSPS) is 27.2. The molecule has 4 heteroatoms. The summed E-state index contributed by atoms with van der Waals surface area (Å²) in [6.07, 6.45) is 9.25. The standard InChI is InChI=1S/C24H27FN2O/c1-2-24-11-10-21(28)14-18(24)5-3-4-16-13-23-17(12-22(16)24)15-26-27(23)20-8-6-19(25)7-9-20/h6-9,12-13,15,18,21,28H,2-5,10-11,14H2,1H3. The van der Waals surface area contributed by atoms with Crippen LogP contribution in [0.4, 0.5) is 4.39 Å². The molecule has 3 unspecified atom stereocenters. The van der Waals surface area contributed by atoms with E-state index in [9.17, 15) is 9.50 Å². The van der Waals surface area contributed by atoms with E-state index in [0.717, 1.165) is 48.7 Å². The van der Waals surface area contributed by atoms with E-state index in [1.807, 2.05) is 10.9 Å². The van der Waals surface area contributed by atoms with Gasteiger partial charge in [0.2, 0.25) is 0 Å². The van der Waals surface area contributed by atoms with Crippen molar-refractivity contribution >= 4 is 10.9 Å². The van der Waals surface area contributed by atoms with Gasteiger partial charge < -0.3 is 5.11 Å². The molecule has 0 amide bonds. The Morgan fingerprint density at radius 1 is 1.21 bits per heavy atom. The van der Waals surface area contributed by atoms with Crippen LogP contribution in [-0.2, 0) is 11.8 Å². The average Bonchev–Trinajstić information content (AvgIpc) is 3.04. The third kappa shape index (κ3) is 2.69. The maximum atomic E-state index is 13.3. The molecule has 0 saturated heterocycles. The number of aliphatic hydroxyl groups is 1. The molecule has 1 heterocycles. The quantitative estimate of drug-likeness (QED) is 0.656. The molecule has 1 saturated carbocycles. The number of fused-ring (bicyclic) bond motifs is 4. The van der Waals surface area contributed by atoms with Gasteiger partial charge in [0.15, 0.2) is 0 Å². The number of rotatable bonds is 2. The van der Waals surface area contributed by atoms with Gasteiger partial charge in [-0.15, -0.1) is 0 Å².